The lowest BCUT2D eigenvalue weighted by Crippen LogP contribution is -2.16. The highest BCUT2D eigenvalue weighted by Gasteiger charge is 2.22. The smallest absolute Gasteiger partial charge is 0.123 e. The molecule has 0 bridgehead atoms. The Labute approximate surface area is 150 Å². The first-order valence-corrected chi connectivity index (χ1v) is 9.04. The van der Waals surface area contributed by atoms with E-state index in [1.165, 1.54) is 23.2 Å². The van der Waals surface area contributed by atoms with Gasteiger partial charge in [-0.2, -0.15) is 5.10 Å². The van der Waals surface area contributed by atoms with Crippen molar-refractivity contribution in [2.45, 2.75) is 25.7 Å². The number of hydrogen-bond donors (Lipinski definition) is 1. The van der Waals surface area contributed by atoms with E-state index in [1.54, 1.807) is 0 Å². The Hall–Kier alpha value is -2.66. The quantitative estimate of drug-likeness (QED) is 0.562. The van der Waals surface area contributed by atoms with E-state index in [-0.39, 0.29) is 5.82 Å². The van der Waals surface area contributed by atoms with Crippen LogP contribution in [0.5, 0.6) is 0 Å². The van der Waals surface area contributed by atoms with Gasteiger partial charge in [-0.25, -0.2) is 4.39 Å². The summed E-state index contributed by atoms with van der Waals surface area (Å²) >= 11 is 0. The third-order valence-electron chi connectivity index (χ3n) is 5.43. The predicted molar refractivity (Wildman–Crippen MR) is 100 cm³/mol. The second-order valence-electron chi connectivity index (χ2n) is 7.03. The van der Waals surface area contributed by atoms with Gasteiger partial charge < -0.3 is 9.30 Å². The van der Waals surface area contributed by atoms with Crippen LogP contribution in [0.25, 0.3) is 27.5 Å². The molecule has 1 aliphatic heterocycles. The van der Waals surface area contributed by atoms with E-state index in [2.05, 4.69) is 33.0 Å². The molecule has 0 atom stereocenters. The minimum Gasteiger partial charge on any atom is -0.381 e. The molecule has 5 rings (SSSR count). The number of aromatic nitrogens is 3. The van der Waals surface area contributed by atoms with E-state index in [9.17, 15) is 4.39 Å². The lowest BCUT2D eigenvalue weighted by molar-refractivity contribution is 0.0842. The number of nitrogens with zero attached hydrogens (tertiary/aromatic N) is 2. The topological polar surface area (TPSA) is 42.8 Å². The van der Waals surface area contributed by atoms with Crippen LogP contribution in [-0.4, -0.2) is 28.0 Å². The number of aromatic amines is 1. The summed E-state index contributed by atoms with van der Waals surface area (Å²) in [4.78, 5) is 0. The van der Waals surface area contributed by atoms with E-state index in [4.69, 9.17) is 4.74 Å². The zero-order chi connectivity index (χ0) is 17.7. The first-order chi connectivity index (χ1) is 12.7. The average Bonchev–Trinajstić information content (AvgIpc) is 3.22. The largest absolute Gasteiger partial charge is 0.381 e. The van der Waals surface area contributed by atoms with Gasteiger partial charge in [-0.3, -0.25) is 5.10 Å². The fourth-order valence-corrected chi connectivity index (χ4v) is 4.05. The number of rotatable bonds is 2. The lowest BCUT2D eigenvalue weighted by Gasteiger charge is -2.24. The van der Waals surface area contributed by atoms with Crippen LogP contribution in [0.3, 0.4) is 0 Å². The maximum Gasteiger partial charge on any atom is 0.123 e. The molecular weight excluding hydrogens is 329 g/mol. The number of fused-ring (bicyclic) bond motifs is 2. The van der Waals surface area contributed by atoms with Gasteiger partial charge in [-0.05, 0) is 62.2 Å². The van der Waals surface area contributed by atoms with Gasteiger partial charge in [0.2, 0.25) is 0 Å². The molecule has 132 valence electrons. The average molecular weight is 349 g/mol. The van der Waals surface area contributed by atoms with Crippen LogP contribution in [0, 0.1) is 12.7 Å². The van der Waals surface area contributed by atoms with Crippen LogP contribution >= 0.6 is 0 Å². The fourth-order valence-electron chi connectivity index (χ4n) is 4.05. The molecule has 5 heteroatoms. The zero-order valence-electron chi connectivity index (χ0n) is 14.6. The highest BCUT2D eigenvalue weighted by molar-refractivity contribution is 5.97. The molecule has 0 radical (unpaired) electrons. The summed E-state index contributed by atoms with van der Waals surface area (Å²) in [5.74, 6) is 0.227. The Morgan fingerprint density at radius 1 is 1.12 bits per heavy atom. The summed E-state index contributed by atoms with van der Waals surface area (Å²) in [7, 11) is 0. The summed E-state index contributed by atoms with van der Waals surface area (Å²) in [5, 5.41) is 9.73. The highest BCUT2D eigenvalue weighted by Crippen LogP contribution is 2.36. The molecule has 0 unspecified atom stereocenters. The van der Waals surface area contributed by atoms with Crippen molar-refractivity contribution in [2.24, 2.45) is 0 Å². The summed E-state index contributed by atoms with van der Waals surface area (Å²) in [6.45, 7) is 3.59. The molecule has 1 N–H and O–H groups in total. The maximum absolute atomic E-state index is 13.5. The minimum atomic E-state index is -0.217. The van der Waals surface area contributed by atoms with Crippen molar-refractivity contribution in [1.82, 2.24) is 14.8 Å². The van der Waals surface area contributed by atoms with E-state index < -0.39 is 0 Å². The zero-order valence-corrected chi connectivity index (χ0v) is 14.6. The van der Waals surface area contributed by atoms with Crippen molar-refractivity contribution in [3.05, 3.63) is 59.7 Å². The van der Waals surface area contributed by atoms with Gasteiger partial charge in [0.05, 0.1) is 16.7 Å². The molecule has 26 heavy (non-hydrogen) atoms. The van der Waals surface area contributed by atoms with Crippen molar-refractivity contribution in [1.29, 1.82) is 0 Å². The molecule has 1 aliphatic rings. The molecule has 2 aromatic heterocycles. The molecule has 0 spiro atoms. The van der Waals surface area contributed by atoms with Crippen molar-refractivity contribution < 1.29 is 9.13 Å². The SMILES string of the molecule is Cc1n[nH]c2cc3cc(C4CCOCC4)n(-c4ccc(F)cc4)c3cc12. The van der Waals surface area contributed by atoms with Gasteiger partial charge in [-0.1, -0.05) is 0 Å². The van der Waals surface area contributed by atoms with Crippen molar-refractivity contribution in [3.8, 4) is 5.69 Å². The van der Waals surface area contributed by atoms with Crippen LogP contribution in [0.4, 0.5) is 4.39 Å². The minimum absolute atomic E-state index is 0.217. The fraction of sp³-hybridized carbons (Fsp3) is 0.286. The van der Waals surface area contributed by atoms with Crippen molar-refractivity contribution in [2.75, 3.05) is 13.2 Å². The lowest BCUT2D eigenvalue weighted by atomic mass is 9.96. The number of H-pyrrole nitrogens is 1. The monoisotopic (exact) mass is 349 g/mol. The normalized spacial score (nSPS) is 15.9. The molecule has 3 heterocycles. The molecule has 0 amide bonds. The summed E-state index contributed by atoms with van der Waals surface area (Å²) in [5.41, 5.74) is 5.43. The van der Waals surface area contributed by atoms with Gasteiger partial charge in [0, 0.05) is 41.3 Å². The molecule has 4 aromatic rings. The molecule has 4 nitrogen and oxygen atoms in total. The van der Waals surface area contributed by atoms with Crippen LogP contribution < -0.4 is 0 Å². The van der Waals surface area contributed by atoms with E-state index in [1.807, 2.05) is 19.1 Å². The number of nitrogens with one attached hydrogen (secondary N) is 1. The molecule has 1 saturated heterocycles. The Balaban J connectivity index is 1.79. The standard InChI is InChI=1S/C21H20FN3O/c1-13-18-12-21-15(10-19(18)24-23-13)11-20(14-6-8-26-9-7-14)25(21)17-4-2-16(22)3-5-17/h2-5,10-12,14H,6-9H2,1H3,(H,23,24). The van der Waals surface area contributed by atoms with Crippen molar-refractivity contribution in [3.63, 3.8) is 0 Å². The number of hydrogen-bond acceptors (Lipinski definition) is 2. The Bertz CT molecular complexity index is 1090. The third-order valence-corrected chi connectivity index (χ3v) is 5.43. The van der Waals surface area contributed by atoms with Crippen LogP contribution in [-0.2, 0) is 4.74 Å². The first-order valence-electron chi connectivity index (χ1n) is 9.04. The van der Waals surface area contributed by atoms with Crippen LogP contribution in [0.15, 0.2) is 42.5 Å². The summed E-state index contributed by atoms with van der Waals surface area (Å²) < 4.78 is 21.3. The number of halogens is 1. The molecule has 0 saturated carbocycles. The number of aryl methyl sites for hydroxylation is 1. The maximum atomic E-state index is 13.5. The van der Waals surface area contributed by atoms with Gasteiger partial charge in [0.25, 0.3) is 0 Å². The second-order valence-corrected chi connectivity index (χ2v) is 7.03. The third kappa shape index (κ3) is 2.42. The number of ether oxygens (including phenoxy) is 1. The molecule has 0 aliphatic carbocycles. The highest BCUT2D eigenvalue weighted by atomic mass is 19.1. The predicted octanol–water partition coefficient (Wildman–Crippen LogP) is 4.85. The van der Waals surface area contributed by atoms with E-state index in [0.29, 0.717) is 5.92 Å². The van der Waals surface area contributed by atoms with Gasteiger partial charge in [0.15, 0.2) is 0 Å². The molecule has 2 aromatic carbocycles. The van der Waals surface area contributed by atoms with Crippen LogP contribution in [0.1, 0.15) is 30.1 Å². The van der Waals surface area contributed by atoms with Crippen molar-refractivity contribution >= 4 is 21.8 Å². The van der Waals surface area contributed by atoms with E-state index in [0.717, 1.165) is 53.9 Å². The summed E-state index contributed by atoms with van der Waals surface area (Å²) in [6, 6.07) is 13.4. The van der Waals surface area contributed by atoms with Gasteiger partial charge in [-0.15, -0.1) is 0 Å². The van der Waals surface area contributed by atoms with Gasteiger partial charge in [0.1, 0.15) is 5.82 Å². The van der Waals surface area contributed by atoms with Crippen LogP contribution in [0.2, 0.25) is 0 Å². The Morgan fingerprint density at radius 2 is 1.88 bits per heavy atom. The Kier molecular flexibility index (Phi) is 3.57. The second kappa shape index (κ2) is 5.95. The molecule has 1 fully saturated rings. The number of benzene rings is 2. The summed E-state index contributed by atoms with van der Waals surface area (Å²) in [6.07, 6.45) is 2.02. The first kappa shape index (κ1) is 15.6. The Morgan fingerprint density at radius 3 is 2.65 bits per heavy atom. The van der Waals surface area contributed by atoms with E-state index >= 15 is 0 Å². The van der Waals surface area contributed by atoms with Gasteiger partial charge >= 0.3 is 0 Å². The molecular formula is C21H20FN3O.